The molecule has 5 rings (SSSR count). The molecule has 0 radical (unpaired) electrons. The minimum absolute atomic E-state index is 0.00996. The van der Waals surface area contributed by atoms with Crippen molar-refractivity contribution < 1.29 is 23.9 Å². The first-order valence-corrected chi connectivity index (χ1v) is 15.1. The molecule has 228 valence electrons. The molecule has 1 saturated heterocycles. The summed E-state index contributed by atoms with van der Waals surface area (Å²) in [6.45, 7) is 10.1. The highest BCUT2D eigenvalue weighted by Gasteiger charge is 2.30. The third kappa shape index (κ3) is 8.66. The number of amides is 2. The van der Waals surface area contributed by atoms with E-state index in [-0.39, 0.29) is 17.9 Å². The Bertz CT molecular complexity index is 1200. The van der Waals surface area contributed by atoms with E-state index in [0.717, 1.165) is 49.0 Å². The first-order chi connectivity index (χ1) is 20.2. The average Bonchev–Trinajstić information content (AvgIpc) is 3.45. The third-order valence-electron chi connectivity index (χ3n) is 7.97. The van der Waals surface area contributed by atoms with Crippen LogP contribution in [0.2, 0.25) is 0 Å². The van der Waals surface area contributed by atoms with Crippen LogP contribution in [0.4, 0.5) is 16.6 Å². The summed E-state index contributed by atoms with van der Waals surface area (Å²) in [7, 11) is 0. The number of ether oxygens (including phenoxy) is 2. The Morgan fingerprint density at radius 3 is 2.55 bits per heavy atom. The largest absolute Gasteiger partial charge is 0.493 e. The molecule has 0 unspecified atom stereocenters. The zero-order valence-corrected chi connectivity index (χ0v) is 25.3. The Kier molecular flexibility index (Phi) is 10.8. The minimum Gasteiger partial charge on any atom is -0.493 e. The van der Waals surface area contributed by atoms with Crippen LogP contribution in [0.25, 0.3) is 0 Å². The Morgan fingerprint density at radius 1 is 1.10 bits per heavy atom. The molecule has 2 aliphatic heterocycles. The van der Waals surface area contributed by atoms with E-state index in [0.29, 0.717) is 50.5 Å². The van der Waals surface area contributed by atoms with Gasteiger partial charge < -0.3 is 24.5 Å². The molecule has 10 heteroatoms. The number of nitrogens with one attached hydrogen (secondary N) is 1. The average molecular weight is 580 g/mol. The molecule has 1 aromatic carbocycles. The molecule has 2 amide bonds. The number of carbonyl (C=O) groups is 3. The monoisotopic (exact) mass is 579 g/mol. The zero-order chi connectivity index (χ0) is 30.1. The fraction of sp³-hybridized carbons (Fsp3) is 0.594. The van der Waals surface area contributed by atoms with E-state index in [1.54, 1.807) is 11.1 Å². The van der Waals surface area contributed by atoms with Crippen LogP contribution in [0.3, 0.4) is 0 Å². The van der Waals surface area contributed by atoms with Gasteiger partial charge in [-0.1, -0.05) is 31.4 Å². The molecule has 42 heavy (non-hydrogen) atoms. The van der Waals surface area contributed by atoms with Crippen LogP contribution in [0, 0.1) is 5.92 Å². The summed E-state index contributed by atoms with van der Waals surface area (Å²) in [4.78, 5) is 47.3. The first-order valence-electron chi connectivity index (χ1n) is 15.1. The van der Waals surface area contributed by atoms with Gasteiger partial charge in [-0.25, -0.2) is 9.78 Å². The molecule has 1 N–H and O–H groups in total. The Balaban J connectivity index is 0.00000198. The lowest BCUT2D eigenvalue weighted by atomic mass is 9.96. The zero-order valence-electron chi connectivity index (χ0n) is 25.3. The Labute approximate surface area is 249 Å². The summed E-state index contributed by atoms with van der Waals surface area (Å²) in [5.74, 6) is 2.38. The molecule has 2 fully saturated rings. The van der Waals surface area contributed by atoms with Crippen LogP contribution in [0.1, 0.15) is 76.8 Å². The van der Waals surface area contributed by atoms with Crippen LogP contribution in [0.15, 0.2) is 30.5 Å². The molecule has 1 saturated carbocycles. The summed E-state index contributed by atoms with van der Waals surface area (Å²) >= 11 is 0. The van der Waals surface area contributed by atoms with Crippen molar-refractivity contribution in [1.29, 1.82) is 0 Å². The molecular formula is C32H45N5O5. The van der Waals surface area contributed by atoms with Gasteiger partial charge in [0.05, 0.1) is 13.0 Å². The molecule has 3 heterocycles. The van der Waals surface area contributed by atoms with E-state index in [1.165, 1.54) is 19.3 Å². The molecule has 3 aliphatic rings. The van der Waals surface area contributed by atoms with Crippen LogP contribution >= 0.6 is 0 Å². The smallest absolute Gasteiger partial charge is 0.410 e. The number of aromatic nitrogens is 2. The standard InChI is InChI=1S/C31H43N5O4.CH2O/c1-31(2,3)40-30(38)35-16-12-22(13-17-35)21-36(28(37)20-23-9-10-26-24(19-23)14-18-39-26)27-11-15-32-29(34-27)33-25-7-5-4-6-8-25;1-2/h9-11,15,19,22,25H,4-8,12-14,16-18,20-21H2,1-3H3,(H,32,33,34);1H2. The maximum atomic E-state index is 13.8. The lowest BCUT2D eigenvalue weighted by molar-refractivity contribution is -0.118. The second-order valence-corrected chi connectivity index (χ2v) is 12.4. The Morgan fingerprint density at radius 2 is 1.83 bits per heavy atom. The van der Waals surface area contributed by atoms with Gasteiger partial charge in [-0.15, -0.1) is 0 Å². The highest BCUT2D eigenvalue weighted by atomic mass is 16.6. The summed E-state index contributed by atoms with van der Waals surface area (Å²) in [5, 5.41) is 3.50. The molecule has 1 aliphatic carbocycles. The van der Waals surface area contributed by atoms with E-state index in [4.69, 9.17) is 19.3 Å². The number of fused-ring (bicyclic) bond motifs is 1. The van der Waals surface area contributed by atoms with Gasteiger partial charge in [0.25, 0.3) is 0 Å². The first kappa shape index (κ1) is 31.3. The summed E-state index contributed by atoms with van der Waals surface area (Å²) in [6, 6.07) is 8.25. The summed E-state index contributed by atoms with van der Waals surface area (Å²) in [6.07, 6.45) is 10.2. The van der Waals surface area contributed by atoms with Gasteiger partial charge >= 0.3 is 6.09 Å². The number of nitrogens with zero attached hydrogens (tertiary/aromatic N) is 4. The molecule has 2 aromatic rings. The van der Waals surface area contributed by atoms with E-state index in [9.17, 15) is 9.59 Å². The number of rotatable bonds is 7. The lowest BCUT2D eigenvalue weighted by Crippen LogP contribution is -2.45. The second kappa shape index (κ2) is 14.5. The number of likely N-dealkylation sites (tertiary alicyclic amines) is 1. The second-order valence-electron chi connectivity index (χ2n) is 12.4. The van der Waals surface area contributed by atoms with Gasteiger partial charge in [-0.3, -0.25) is 9.69 Å². The van der Waals surface area contributed by atoms with Crippen molar-refractivity contribution in [1.82, 2.24) is 14.9 Å². The van der Waals surface area contributed by atoms with E-state index in [1.807, 2.05) is 50.7 Å². The van der Waals surface area contributed by atoms with Gasteiger partial charge in [0, 0.05) is 38.3 Å². The van der Waals surface area contributed by atoms with Gasteiger partial charge in [0.1, 0.15) is 24.0 Å². The van der Waals surface area contributed by atoms with Crippen LogP contribution in [-0.2, 0) is 27.2 Å². The van der Waals surface area contributed by atoms with Crippen molar-refractivity contribution >= 4 is 30.6 Å². The summed E-state index contributed by atoms with van der Waals surface area (Å²) in [5.41, 5.74) is 1.62. The van der Waals surface area contributed by atoms with Gasteiger partial charge in [0.15, 0.2) is 0 Å². The number of anilines is 2. The summed E-state index contributed by atoms with van der Waals surface area (Å²) < 4.78 is 11.2. The van der Waals surface area contributed by atoms with Gasteiger partial charge in [0.2, 0.25) is 11.9 Å². The van der Waals surface area contributed by atoms with Crippen LogP contribution in [-0.4, -0.2) is 71.5 Å². The molecular weight excluding hydrogens is 534 g/mol. The van der Waals surface area contributed by atoms with E-state index in [2.05, 4.69) is 16.4 Å². The predicted molar refractivity (Wildman–Crippen MR) is 162 cm³/mol. The molecule has 10 nitrogen and oxygen atoms in total. The normalized spacial score (nSPS) is 17.4. The van der Waals surface area contributed by atoms with Crippen molar-refractivity contribution in [2.24, 2.45) is 5.92 Å². The van der Waals surface area contributed by atoms with Crippen molar-refractivity contribution in [3.63, 3.8) is 0 Å². The van der Waals surface area contributed by atoms with E-state index < -0.39 is 5.60 Å². The number of piperidine rings is 1. The fourth-order valence-electron chi connectivity index (χ4n) is 5.82. The van der Waals surface area contributed by atoms with Crippen LogP contribution in [0.5, 0.6) is 5.75 Å². The number of carbonyl (C=O) groups excluding carboxylic acids is 3. The molecule has 0 bridgehead atoms. The topological polar surface area (TPSA) is 114 Å². The van der Waals surface area contributed by atoms with E-state index >= 15 is 0 Å². The molecule has 0 atom stereocenters. The maximum Gasteiger partial charge on any atom is 0.410 e. The number of hydrogen-bond donors (Lipinski definition) is 1. The van der Waals surface area contributed by atoms with Crippen molar-refractivity contribution in [3.05, 3.63) is 41.6 Å². The number of hydrogen-bond acceptors (Lipinski definition) is 8. The van der Waals surface area contributed by atoms with Gasteiger partial charge in [-0.2, -0.15) is 4.98 Å². The predicted octanol–water partition coefficient (Wildman–Crippen LogP) is 5.19. The van der Waals surface area contributed by atoms with Crippen LogP contribution < -0.4 is 15.0 Å². The highest BCUT2D eigenvalue weighted by Crippen LogP contribution is 2.28. The van der Waals surface area contributed by atoms with Gasteiger partial charge in [-0.05, 0) is 75.6 Å². The fourth-order valence-corrected chi connectivity index (χ4v) is 5.82. The lowest BCUT2D eigenvalue weighted by Gasteiger charge is -2.35. The van der Waals surface area contributed by atoms with Crippen molar-refractivity contribution in [3.8, 4) is 5.75 Å². The SMILES string of the molecule is C=O.CC(C)(C)OC(=O)N1CCC(CN(C(=O)Cc2ccc3c(c2)CCO3)c2ccnc(NC3CCCCC3)n2)CC1. The minimum atomic E-state index is -0.517. The van der Waals surface area contributed by atoms with Crippen molar-refractivity contribution in [2.45, 2.75) is 90.2 Å². The molecule has 0 spiro atoms. The number of benzene rings is 1. The van der Waals surface area contributed by atoms with Crippen molar-refractivity contribution in [2.75, 3.05) is 36.5 Å². The maximum absolute atomic E-state index is 13.8. The highest BCUT2D eigenvalue weighted by molar-refractivity contribution is 5.94. The third-order valence-corrected chi connectivity index (χ3v) is 7.97. The quantitative estimate of drug-likeness (QED) is 0.477. The Hall–Kier alpha value is -3.69. The molecule has 1 aromatic heterocycles.